The zero-order valence-electron chi connectivity index (χ0n) is 10.8. The Hall–Kier alpha value is -1.34. The topological polar surface area (TPSA) is 83.5 Å². The number of nitrogens with one attached hydrogen (secondary N) is 1. The largest absolute Gasteiger partial charge is 0.480 e. The van der Waals surface area contributed by atoms with Crippen molar-refractivity contribution < 1.29 is 19.5 Å². The first-order valence-corrected chi connectivity index (χ1v) is 7.71. The monoisotopic (exact) mass is 359 g/mol. The lowest BCUT2D eigenvalue weighted by molar-refractivity contribution is -0.140. The second-order valence-corrected chi connectivity index (χ2v) is 5.98. The summed E-state index contributed by atoms with van der Waals surface area (Å²) in [6, 6.07) is 5.98. The van der Waals surface area contributed by atoms with Crippen molar-refractivity contribution in [3.8, 4) is 0 Å². The van der Waals surface area contributed by atoms with E-state index in [-0.39, 0.29) is 17.3 Å². The number of carboxylic acid groups (broad SMARTS) is 1. The van der Waals surface area contributed by atoms with Crippen LogP contribution in [0.5, 0.6) is 0 Å². The van der Waals surface area contributed by atoms with Gasteiger partial charge in [0.25, 0.3) is 0 Å². The van der Waals surface area contributed by atoms with E-state index in [9.17, 15) is 14.4 Å². The van der Waals surface area contributed by atoms with Crippen molar-refractivity contribution >= 4 is 45.4 Å². The van der Waals surface area contributed by atoms with Crippen molar-refractivity contribution in [3.05, 3.63) is 34.3 Å². The van der Waals surface area contributed by atoms with E-state index < -0.39 is 17.9 Å². The van der Waals surface area contributed by atoms with Crippen molar-refractivity contribution in [2.24, 2.45) is 0 Å². The number of aliphatic carboxylic acids is 1. The van der Waals surface area contributed by atoms with Crippen LogP contribution in [0, 0.1) is 0 Å². The van der Waals surface area contributed by atoms with Crippen LogP contribution < -0.4 is 5.32 Å². The van der Waals surface area contributed by atoms with Gasteiger partial charge in [-0.3, -0.25) is 9.59 Å². The van der Waals surface area contributed by atoms with Crippen LogP contribution in [0.4, 0.5) is 0 Å². The van der Waals surface area contributed by atoms with Gasteiger partial charge in [-0.05, 0) is 12.1 Å². The van der Waals surface area contributed by atoms with Crippen LogP contribution >= 0.6 is 27.7 Å². The van der Waals surface area contributed by atoms with E-state index in [2.05, 4.69) is 21.2 Å². The van der Waals surface area contributed by atoms with E-state index in [0.717, 1.165) is 4.47 Å². The molecule has 0 spiro atoms. The summed E-state index contributed by atoms with van der Waals surface area (Å²) < 4.78 is 0.887. The highest BCUT2D eigenvalue weighted by Gasteiger charge is 2.18. The number of amides is 1. The highest BCUT2D eigenvalue weighted by molar-refractivity contribution is 9.10. The highest BCUT2D eigenvalue weighted by atomic mass is 79.9. The van der Waals surface area contributed by atoms with Gasteiger partial charge < -0.3 is 10.4 Å². The summed E-state index contributed by atoms with van der Waals surface area (Å²) in [4.78, 5) is 33.6. The smallest absolute Gasteiger partial charge is 0.327 e. The Balaban J connectivity index is 2.46. The summed E-state index contributed by atoms with van der Waals surface area (Å²) in [6.07, 6.45) is 0. The molecule has 0 heterocycles. The maximum atomic E-state index is 11.9. The van der Waals surface area contributed by atoms with Gasteiger partial charge in [-0.2, -0.15) is 11.8 Å². The van der Waals surface area contributed by atoms with Crippen LogP contribution in [0.1, 0.15) is 17.3 Å². The molecule has 0 aliphatic heterocycles. The molecule has 1 aromatic carbocycles. The van der Waals surface area contributed by atoms with Gasteiger partial charge in [0, 0.05) is 22.7 Å². The maximum absolute atomic E-state index is 11.9. The third kappa shape index (κ3) is 5.75. The van der Waals surface area contributed by atoms with Crippen LogP contribution in [0.3, 0.4) is 0 Å². The number of hydrogen-bond acceptors (Lipinski definition) is 4. The Kier molecular flexibility index (Phi) is 6.74. The minimum absolute atomic E-state index is 0.0746. The predicted octanol–water partition coefficient (Wildman–Crippen LogP) is 1.95. The SMILES string of the molecule is CC(=O)N[C@H](CSCC(=O)c1ccc(Br)cc1)C(=O)O. The molecule has 0 fully saturated rings. The van der Waals surface area contributed by atoms with Gasteiger partial charge in [-0.25, -0.2) is 4.79 Å². The minimum atomic E-state index is -1.11. The van der Waals surface area contributed by atoms with Gasteiger partial charge in [-0.1, -0.05) is 28.1 Å². The molecule has 7 heteroatoms. The van der Waals surface area contributed by atoms with Crippen molar-refractivity contribution in [1.82, 2.24) is 5.32 Å². The average molecular weight is 360 g/mol. The number of thioether (sulfide) groups is 1. The molecule has 1 rings (SSSR count). The second-order valence-electron chi connectivity index (χ2n) is 4.04. The molecule has 5 nitrogen and oxygen atoms in total. The van der Waals surface area contributed by atoms with Crippen molar-refractivity contribution in [2.45, 2.75) is 13.0 Å². The predicted molar refractivity (Wildman–Crippen MR) is 81.0 cm³/mol. The molecule has 0 radical (unpaired) electrons. The first-order chi connectivity index (χ1) is 9.40. The van der Waals surface area contributed by atoms with Crippen molar-refractivity contribution in [3.63, 3.8) is 0 Å². The number of carbonyl (C=O) groups is 3. The number of halogens is 1. The molecular formula is C13H14BrNO4S. The van der Waals surface area contributed by atoms with Crippen LogP contribution in [-0.2, 0) is 9.59 Å². The summed E-state index contributed by atoms with van der Waals surface area (Å²) in [5.74, 6) is -1.27. The van der Waals surface area contributed by atoms with E-state index in [4.69, 9.17) is 5.11 Å². The second kappa shape index (κ2) is 8.06. The molecule has 0 aliphatic rings. The zero-order valence-corrected chi connectivity index (χ0v) is 13.2. The van der Waals surface area contributed by atoms with Crippen molar-refractivity contribution in [1.29, 1.82) is 0 Å². The van der Waals surface area contributed by atoms with E-state index >= 15 is 0 Å². The standard InChI is InChI=1S/C13H14BrNO4S/c1-8(16)15-11(13(18)19)6-20-7-12(17)9-2-4-10(14)5-3-9/h2-5,11H,6-7H2,1H3,(H,15,16)(H,18,19)/t11-/m1/s1. The lowest BCUT2D eigenvalue weighted by atomic mass is 10.2. The normalized spacial score (nSPS) is 11.7. The average Bonchev–Trinajstić information content (AvgIpc) is 2.37. The third-order valence-corrected chi connectivity index (χ3v) is 3.92. The first-order valence-electron chi connectivity index (χ1n) is 5.76. The van der Waals surface area contributed by atoms with E-state index in [1.807, 2.05) is 0 Å². The molecule has 1 atom stereocenters. The molecule has 0 unspecified atom stereocenters. The molecule has 2 N–H and O–H groups in total. The number of carbonyl (C=O) groups excluding carboxylic acids is 2. The van der Waals surface area contributed by atoms with Crippen LogP contribution in [-0.4, -0.2) is 40.3 Å². The lowest BCUT2D eigenvalue weighted by Crippen LogP contribution is -2.41. The number of benzene rings is 1. The third-order valence-electron chi connectivity index (χ3n) is 2.36. The molecule has 0 saturated carbocycles. The number of rotatable bonds is 7. The summed E-state index contributed by atoms with van der Waals surface area (Å²) in [7, 11) is 0. The fraction of sp³-hybridized carbons (Fsp3) is 0.308. The number of hydrogen-bond donors (Lipinski definition) is 2. The van der Waals surface area contributed by atoms with Gasteiger partial charge in [0.1, 0.15) is 6.04 Å². The Morgan fingerprint density at radius 2 is 1.90 bits per heavy atom. The van der Waals surface area contributed by atoms with Crippen molar-refractivity contribution in [2.75, 3.05) is 11.5 Å². The maximum Gasteiger partial charge on any atom is 0.327 e. The van der Waals surface area contributed by atoms with E-state index in [0.29, 0.717) is 5.56 Å². The first kappa shape index (κ1) is 16.7. The van der Waals surface area contributed by atoms with Gasteiger partial charge >= 0.3 is 5.97 Å². The van der Waals surface area contributed by atoms with Crippen LogP contribution in [0.25, 0.3) is 0 Å². The Labute approximate surface area is 129 Å². The highest BCUT2D eigenvalue weighted by Crippen LogP contribution is 2.13. The Morgan fingerprint density at radius 3 is 2.40 bits per heavy atom. The molecule has 0 aromatic heterocycles. The van der Waals surface area contributed by atoms with Gasteiger partial charge in [0.15, 0.2) is 5.78 Å². The summed E-state index contributed by atoms with van der Waals surface area (Å²) in [5, 5.41) is 11.2. The summed E-state index contributed by atoms with van der Waals surface area (Å²) in [6.45, 7) is 1.26. The molecule has 1 amide bonds. The molecule has 0 saturated heterocycles. The van der Waals surface area contributed by atoms with Crippen LogP contribution in [0.15, 0.2) is 28.7 Å². The van der Waals surface area contributed by atoms with E-state index in [1.165, 1.54) is 18.7 Å². The number of ketones is 1. The van der Waals surface area contributed by atoms with Gasteiger partial charge in [0.2, 0.25) is 5.91 Å². The molecule has 1 aromatic rings. The summed E-state index contributed by atoms with van der Waals surface area (Å²) in [5.41, 5.74) is 0.576. The Morgan fingerprint density at radius 1 is 1.30 bits per heavy atom. The molecule has 0 aliphatic carbocycles. The number of Topliss-reactive ketones (excluding diaryl/α,β-unsaturated/α-hetero) is 1. The molecule has 108 valence electrons. The fourth-order valence-corrected chi connectivity index (χ4v) is 2.60. The summed E-state index contributed by atoms with van der Waals surface area (Å²) >= 11 is 4.47. The van der Waals surface area contributed by atoms with Gasteiger partial charge in [-0.15, -0.1) is 0 Å². The molecule has 0 bridgehead atoms. The molecule has 20 heavy (non-hydrogen) atoms. The van der Waals surface area contributed by atoms with Gasteiger partial charge in [0.05, 0.1) is 5.75 Å². The quantitative estimate of drug-likeness (QED) is 0.727. The van der Waals surface area contributed by atoms with E-state index in [1.54, 1.807) is 24.3 Å². The minimum Gasteiger partial charge on any atom is -0.480 e. The van der Waals surface area contributed by atoms with Crippen LogP contribution in [0.2, 0.25) is 0 Å². The fourth-order valence-electron chi connectivity index (χ4n) is 1.41. The number of carboxylic acids is 1. The molecular weight excluding hydrogens is 346 g/mol. The lowest BCUT2D eigenvalue weighted by Gasteiger charge is -2.12. The Bertz CT molecular complexity index is 504. The zero-order chi connectivity index (χ0) is 15.1.